The van der Waals surface area contributed by atoms with E-state index in [1.165, 1.54) is 6.07 Å². The highest BCUT2D eigenvalue weighted by Crippen LogP contribution is 2.35. The quantitative estimate of drug-likeness (QED) is 0.509. The first kappa shape index (κ1) is 19.5. The Morgan fingerprint density at radius 3 is 2.36 bits per heavy atom. The van der Waals surface area contributed by atoms with Gasteiger partial charge in [-0.2, -0.15) is 0 Å². The molecule has 0 aliphatic carbocycles. The van der Waals surface area contributed by atoms with Crippen molar-refractivity contribution in [2.45, 2.75) is 20.8 Å². The van der Waals surface area contributed by atoms with Gasteiger partial charge in [0.1, 0.15) is 16.9 Å². The molecule has 0 bridgehead atoms. The van der Waals surface area contributed by atoms with Gasteiger partial charge in [-0.25, -0.2) is 9.59 Å². The number of carbonyl (C=O) groups is 1. The van der Waals surface area contributed by atoms with Gasteiger partial charge in [0.2, 0.25) is 0 Å². The number of rotatable bonds is 6. The number of aromatic hydroxyl groups is 1. The highest BCUT2D eigenvalue weighted by Gasteiger charge is 2.18. The number of phenolic OH excluding ortho intramolecular Hbond substituents is 1. The lowest BCUT2D eigenvalue weighted by Gasteiger charge is -2.24. The van der Waals surface area contributed by atoms with Gasteiger partial charge in [-0.15, -0.1) is 0 Å². The minimum absolute atomic E-state index is 0.124. The Hall–Kier alpha value is -3.28. The second-order valence-electron chi connectivity index (χ2n) is 6.29. The van der Waals surface area contributed by atoms with E-state index in [2.05, 4.69) is 4.90 Å². The van der Waals surface area contributed by atoms with Crippen molar-refractivity contribution in [2.75, 3.05) is 24.6 Å². The summed E-state index contributed by atoms with van der Waals surface area (Å²) in [5.41, 5.74) is 2.30. The third kappa shape index (κ3) is 3.71. The summed E-state index contributed by atoms with van der Waals surface area (Å²) in [7, 11) is 0. The molecular weight excluding hydrogens is 358 g/mol. The highest BCUT2D eigenvalue weighted by atomic mass is 16.5. The van der Waals surface area contributed by atoms with Crippen LogP contribution in [0.3, 0.4) is 0 Å². The van der Waals surface area contributed by atoms with Crippen molar-refractivity contribution in [3.05, 3.63) is 58.4 Å². The van der Waals surface area contributed by atoms with Gasteiger partial charge in [-0.1, -0.05) is 12.1 Å². The predicted molar refractivity (Wildman–Crippen MR) is 109 cm³/mol. The van der Waals surface area contributed by atoms with E-state index >= 15 is 0 Å². The number of fused-ring (bicyclic) bond motifs is 1. The van der Waals surface area contributed by atoms with Crippen LogP contribution in [0.5, 0.6) is 5.75 Å². The minimum Gasteiger partial charge on any atom is -0.508 e. The standard InChI is InChI=1S/C22H23NO5/c1-4-23(5-2)19-13-20-15(11-17(19)14-7-9-16(24)10-8-14)12-18(22(26)28-20)21(25)27-6-3/h7-13,24H,4-6H2,1-3H3. The second kappa shape index (κ2) is 8.17. The van der Waals surface area contributed by atoms with Crippen LogP contribution < -0.4 is 10.5 Å². The molecule has 0 aliphatic rings. The molecule has 28 heavy (non-hydrogen) atoms. The van der Waals surface area contributed by atoms with Gasteiger partial charge in [-0.05, 0) is 50.6 Å². The summed E-state index contributed by atoms with van der Waals surface area (Å²) in [5.74, 6) is -0.512. The topological polar surface area (TPSA) is 80.0 Å². The molecule has 0 fully saturated rings. The van der Waals surface area contributed by atoms with Crippen LogP contribution in [0, 0.1) is 0 Å². The molecule has 0 saturated heterocycles. The van der Waals surface area contributed by atoms with Crippen molar-refractivity contribution in [3.63, 3.8) is 0 Å². The van der Waals surface area contributed by atoms with E-state index in [4.69, 9.17) is 9.15 Å². The summed E-state index contributed by atoms with van der Waals surface area (Å²) in [4.78, 5) is 26.5. The van der Waals surface area contributed by atoms with Crippen LogP contribution in [0.1, 0.15) is 31.1 Å². The maximum atomic E-state index is 12.3. The van der Waals surface area contributed by atoms with Crippen LogP contribution in [0.15, 0.2) is 51.7 Å². The first-order chi connectivity index (χ1) is 13.5. The smallest absolute Gasteiger partial charge is 0.351 e. The zero-order valence-electron chi connectivity index (χ0n) is 16.2. The van der Waals surface area contributed by atoms with Crippen molar-refractivity contribution < 1.29 is 19.1 Å². The van der Waals surface area contributed by atoms with E-state index < -0.39 is 11.6 Å². The highest BCUT2D eigenvalue weighted by molar-refractivity contribution is 5.96. The lowest BCUT2D eigenvalue weighted by Crippen LogP contribution is -2.22. The fourth-order valence-electron chi connectivity index (χ4n) is 3.21. The van der Waals surface area contributed by atoms with Crippen LogP contribution >= 0.6 is 0 Å². The Bertz CT molecular complexity index is 1050. The van der Waals surface area contributed by atoms with E-state index in [1.807, 2.05) is 38.1 Å². The summed E-state index contributed by atoms with van der Waals surface area (Å²) >= 11 is 0. The minimum atomic E-state index is -0.714. The normalized spacial score (nSPS) is 10.8. The zero-order chi connectivity index (χ0) is 20.3. The number of nitrogens with zero attached hydrogens (tertiary/aromatic N) is 1. The van der Waals surface area contributed by atoms with Crippen molar-refractivity contribution in [3.8, 4) is 16.9 Å². The molecular formula is C22H23NO5. The lowest BCUT2D eigenvalue weighted by atomic mass is 9.99. The fraction of sp³-hybridized carbons (Fsp3) is 0.273. The van der Waals surface area contributed by atoms with Crippen molar-refractivity contribution in [1.82, 2.24) is 0 Å². The van der Waals surface area contributed by atoms with Gasteiger partial charge < -0.3 is 19.2 Å². The third-order valence-electron chi connectivity index (χ3n) is 4.63. The number of carbonyl (C=O) groups excluding carboxylic acids is 1. The maximum absolute atomic E-state index is 12.3. The van der Waals surface area contributed by atoms with Gasteiger partial charge >= 0.3 is 11.6 Å². The van der Waals surface area contributed by atoms with Gasteiger partial charge in [-0.3, -0.25) is 0 Å². The van der Waals surface area contributed by atoms with Crippen LogP contribution in [-0.4, -0.2) is 30.8 Å². The Morgan fingerprint density at radius 1 is 1.07 bits per heavy atom. The summed E-state index contributed by atoms with van der Waals surface area (Å²) in [6.07, 6.45) is 0. The second-order valence-corrected chi connectivity index (χ2v) is 6.29. The molecule has 6 nitrogen and oxygen atoms in total. The molecule has 0 spiro atoms. The van der Waals surface area contributed by atoms with E-state index in [-0.39, 0.29) is 17.9 Å². The van der Waals surface area contributed by atoms with Gasteiger partial charge in [0, 0.05) is 35.8 Å². The molecule has 2 aromatic carbocycles. The number of esters is 1. The number of benzene rings is 2. The van der Waals surface area contributed by atoms with Crippen LogP contribution in [0.25, 0.3) is 22.1 Å². The monoisotopic (exact) mass is 381 g/mol. The first-order valence-electron chi connectivity index (χ1n) is 9.31. The molecule has 0 aliphatic heterocycles. The van der Waals surface area contributed by atoms with Crippen LogP contribution in [0.4, 0.5) is 5.69 Å². The molecule has 1 heterocycles. The van der Waals surface area contributed by atoms with E-state index in [0.717, 1.165) is 29.9 Å². The Balaban J connectivity index is 2.26. The summed E-state index contributed by atoms with van der Waals surface area (Å²) in [6, 6.07) is 12.1. The van der Waals surface area contributed by atoms with Crippen molar-refractivity contribution in [1.29, 1.82) is 0 Å². The average molecular weight is 381 g/mol. The van der Waals surface area contributed by atoms with Gasteiger partial charge in [0.05, 0.1) is 6.61 Å². The summed E-state index contributed by atoms with van der Waals surface area (Å²) < 4.78 is 10.4. The predicted octanol–water partition coefficient (Wildman–Crippen LogP) is 4.19. The molecule has 0 unspecified atom stereocenters. The molecule has 146 valence electrons. The number of phenols is 1. The Morgan fingerprint density at radius 2 is 1.75 bits per heavy atom. The fourth-order valence-corrected chi connectivity index (χ4v) is 3.21. The van der Waals surface area contributed by atoms with Crippen LogP contribution in [-0.2, 0) is 4.74 Å². The number of ether oxygens (including phenoxy) is 1. The molecule has 0 radical (unpaired) electrons. The summed E-state index contributed by atoms with van der Waals surface area (Å²) in [5, 5.41) is 10.2. The molecule has 6 heteroatoms. The molecule has 0 amide bonds. The van der Waals surface area contributed by atoms with E-state index in [0.29, 0.717) is 11.0 Å². The van der Waals surface area contributed by atoms with E-state index in [1.54, 1.807) is 19.1 Å². The number of hydrogen-bond donors (Lipinski definition) is 1. The van der Waals surface area contributed by atoms with Crippen molar-refractivity contribution >= 4 is 22.6 Å². The Labute approximate surface area is 163 Å². The lowest BCUT2D eigenvalue weighted by molar-refractivity contribution is 0.0522. The molecule has 1 aromatic heterocycles. The molecule has 3 rings (SSSR count). The number of hydrogen-bond acceptors (Lipinski definition) is 6. The zero-order valence-corrected chi connectivity index (χ0v) is 16.2. The SMILES string of the molecule is CCOC(=O)c1cc2cc(-c3ccc(O)cc3)c(N(CC)CC)cc2oc1=O. The van der Waals surface area contributed by atoms with E-state index in [9.17, 15) is 14.7 Å². The molecule has 1 N–H and O–H groups in total. The van der Waals surface area contributed by atoms with Crippen LogP contribution in [0.2, 0.25) is 0 Å². The Kier molecular flexibility index (Phi) is 5.68. The first-order valence-corrected chi connectivity index (χ1v) is 9.31. The van der Waals surface area contributed by atoms with Crippen molar-refractivity contribution in [2.24, 2.45) is 0 Å². The van der Waals surface area contributed by atoms with Gasteiger partial charge in [0.25, 0.3) is 0 Å². The molecule has 3 aromatic rings. The average Bonchev–Trinajstić information content (AvgIpc) is 2.69. The number of anilines is 1. The third-order valence-corrected chi connectivity index (χ3v) is 4.63. The molecule has 0 saturated carbocycles. The largest absolute Gasteiger partial charge is 0.508 e. The molecule has 0 atom stereocenters. The maximum Gasteiger partial charge on any atom is 0.351 e. The summed E-state index contributed by atoms with van der Waals surface area (Å²) in [6.45, 7) is 7.51. The van der Waals surface area contributed by atoms with Gasteiger partial charge in [0.15, 0.2) is 0 Å².